The summed E-state index contributed by atoms with van der Waals surface area (Å²) in [6.45, 7) is 0. The third-order valence-corrected chi connectivity index (χ3v) is 3.28. The number of hydrogen-bond donors (Lipinski definition) is 2. The molecular weight excluding hydrogens is 220 g/mol. The van der Waals surface area contributed by atoms with Crippen LogP contribution in [-0.4, -0.2) is 27.9 Å². The van der Waals surface area contributed by atoms with Crippen LogP contribution in [-0.2, 0) is 10.5 Å². The highest BCUT2D eigenvalue weighted by molar-refractivity contribution is 7.98. The zero-order valence-corrected chi connectivity index (χ0v) is 9.18. The number of carboxylic acid groups (broad SMARTS) is 1. The van der Waals surface area contributed by atoms with Crippen molar-refractivity contribution in [1.29, 1.82) is 0 Å². The van der Waals surface area contributed by atoms with Gasteiger partial charge in [0.1, 0.15) is 6.04 Å². The Morgan fingerprint density at radius 3 is 3.14 bits per heavy atom. The highest BCUT2D eigenvalue weighted by Gasteiger charge is 2.10. The maximum absolute atomic E-state index is 10.4. The van der Waals surface area contributed by atoms with E-state index in [1.54, 1.807) is 28.6 Å². The molecule has 0 fully saturated rings. The van der Waals surface area contributed by atoms with Crippen LogP contribution in [0.1, 0.15) is 12.1 Å². The summed E-state index contributed by atoms with van der Waals surface area (Å²) in [5.41, 5.74) is 8.19. The summed E-state index contributed by atoms with van der Waals surface area (Å²) in [4.78, 5) is 14.5. The predicted molar refractivity (Wildman–Crippen MR) is 58.5 cm³/mol. The number of aromatic nitrogens is 1. The normalized spacial score (nSPS) is 12.6. The van der Waals surface area contributed by atoms with Gasteiger partial charge in [0, 0.05) is 11.1 Å². The first-order valence-electron chi connectivity index (χ1n) is 4.13. The molecule has 0 aliphatic heterocycles. The molecule has 1 atom stereocenters. The van der Waals surface area contributed by atoms with E-state index in [2.05, 4.69) is 4.98 Å². The van der Waals surface area contributed by atoms with Crippen molar-refractivity contribution >= 4 is 29.1 Å². The lowest BCUT2D eigenvalue weighted by atomic mass is 10.2. The van der Waals surface area contributed by atoms with E-state index in [-0.39, 0.29) is 0 Å². The molecule has 0 bridgehead atoms. The summed E-state index contributed by atoms with van der Waals surface area (Å²) in [5.74, 6) is 0.653. The van der Waals surface area contributed by atoms with Crippen molar-refractivity contribution in [2.75, 3.05) is 5.75 Å². The maximum Gasteiger partial charge on any atom is 0.320 e. The quantitative estimate of drug-likeness (QED) is 0.720. The molecule has 3 N–H and O–H groups in total. The Balaban J connectivity index is 2.08. The van der Waals surface area contributed by atoms with E-state index >= 15 is 0 Å². The fraction of sp³-hybridized carbons (Fsp3) is 0.500. The van der Waals surface area contributed by atoms with Gasteiger partial charge in [-0.05, 0) is 12.2 Å². The molecule has 1 unspecified atom stereocenters. The van der Waals surface area contributed by atoms with Crippen LogP contribution in [0.2, 0.25) is 0 Å². The number of nitrogens with two attached hydrogens (primary N) is 1. The maximum atomic E-state index is 10.4. The predicted octanol–water partition coefficient (Wildman–Crippen LogP) is 1.18. The zero-order chi connectivity index (χ0) is 10.4. The highest BCUT2D eigenvalue weighted by Crippen LogP contribution is 2.13. The van der Waals surface area contributed by atoms with Crippen LogP contribution in [0.4, 0.5) is 0 Å². The first-order valence-corrected chi connectivity index (χ1v) is 6.23. The van der Waals surface area contributed by atoms with E-state index in [1.165, 1.54) is 0 Å². The second-order valence-electron chi connectivity index (χ2n) is 2.77. The van der Waals surface area contributed by atoms with Gasteiger partial charge in [-0.25, -0.2) is 4.98 Å². The summed E-state index contributed by atoms with van der Waals surface area (Å²) < 4.78 is 0. The van der Waals surface area contributed by atoms with Gasteiger partial charge >= 0.3 is 5.97 Å². The second-order valence-corrected chi connectivity index (χ2v) is 4.59. The Morgan fingerprint density at radius 2 is 2.57 bits per heavy atom. The van der Waals surface area contributed by atoms with Crippen LogP contribution >= 0.6 is 23.1 Å². The molecule has 14 heavy (non-hydrogen) atoms. The fourth-order valence-electron chi connectivity index (χ4n) is 0.819. The number of rotatable bonds is 6. The van der Waals surface area contributed by atoms with Crippen molar-refractivity contribution in [1.82, 2.24) is 4.98 Å². The molecule has 0 aromatic carbocycles. The third-order valence-electron chi connectivity index (χ3n) is 1.62. The Labute approximate surface area is 90.5 Å². The number of thioether (sulfide) groups is 1. The van der Waals surface area contributed by atoms with Gasteiger partial charge in [0.2, 0.25) is 0 Å². The molecule has 0 spiro atoms. The first-order chi connectivity index (χ1) is 6.70. The lowest BCUT2D eigenvalue weighted by Crippen LogP contribution is -2.30. The Kier molecular flexibility index (Phi) is 4.92. The first kappa shape index (κ1) is 11.5. The van der Waals surface area contributed by atoms with Gasteiger partial charge in [0.05, 0.1) is 11.2 Å². The summed E-state index contributed by atoms with van der Waals surface area (Å²) in [7, 11) is 0. The van der Waals surface area contributed by atoms with Crippen LogP contribution in [0.15, 0.2) is 10.9 Å². The van der Waals surface area contributed by atoms with E-state index in [1.807, 2.05) is 5.38 Å². The van der Waals surface area contributed by atoms with E-state index in [0.29, 0.717) is 6.42 Å². The lowest BCUT2D eigenvalue weighted by Gasteiger charge is -2.04. The molecule has 0 aliphatic rings. The molecule has 1 aromatic heterocycles. The van der Waals surface area contributed by atoms with Gasteiger partial charge < -0.3 is 10.8 Å². The molecule has 0 saturated carbocycles. The van der Waals surface area contributed by atoms with Gasteiger partial charge in [-0.15, -0.1) is 11.3 Å². The summed E-state index contributed by atoms with van der Waals surface area (Å²) in [6, 6.07) is -0.738. The van der Waals surface area contributed by atoms with Crippen LogP contribution in [0.3, 0.4) is 0 Å². The van der Waals surface area contributed by atoms with Crippen molar-refractivity contribution in [3.8, 4) is 0 Å². The number of carbonyl (C=O) groups is 1. The molecule has 0 saturated heterocycles. The highest BCUT2D eigenvalue weighted by atomic mass is 32.2. The molecule has 0 aliphatic carbocycles. The minimum absolute atomic E-state index is 0.504. The minimum Gasteiger partial charge on any atom is -0.480 e. The summed E-state index contributed by atoms with van der Waals surface area (Å²) in [5, 5.41) is 10.5. The van der Waals surface area contributed by atoms with E-state index in [9.17, 15) is 4.79 Å². The van der Waals surface area contributed by atoms with E-state index in [0.717, 1.165) is 17.2 Å². The van der Waals surface area contributed by atoms with Gasteiger partial charge in [-0.3, -0.25) is 4.79 Å². The number of hydrogen-bond acceptors (Lipinski definition) is 5. The van der Waals surface area contributed by atoms with Crippen molar-refractivity contribution in [2.45, 2.75) is 18.2 Å². The summed E-state index contributed by atoms with van der Waals surface area (Å²) in [6.07, 6.45) is 0.504. The molecule has 1 aromatic rings. The minimum atomic E-state index is -0.931. The fourth-order valence-corrected chi connectivity index (χ4v) is 2.42. The monoisotopic (exact) mass is 232 g/mol. The third kappa shape index (κ3) is 4.08. The molecular formula is C8H12N2O2S2. The Morgan fingerprint density at radius 1 is 1.79 bits per heavy atom. The molecule has 0 amide bonds. The average Bonchev–Trinajstić information content (AvgIpc) is 2.64. The topological polar surface area (TPSA) is 76.2 Å². The molecule has 4 nitrogen and oxygen atoms in total. The number of aliphatic carboxylic acids is 1. The summed E-state index contributed by atoms with van der Waals surface area (Å²) >= 11 is 3.22. The van der Waals surface area contributed by atoms with Crippen molar-refractivity contribution in [3.63, 3.8) is 0 Å². The van der Waals surface area contributed by atoms with E-state index < -0.39 is 12.0 Å². The average molecular weight is 232 g/mol. The zero-order valence-electron chi connectivity index (χ0n) is 7.55. The number of thiazole rings is 1. The smallest absolute Gasteiger partial charge is 0.320 e. The van der Waals surface area contributed by atoms with Crippen LogP contribution in [0.5, 0.6) is 0 Å². The lowest BCUT2D eigenvalue weighted by molar-refractivity contribution is -0.138. The van der Waals surface area contributed by atoms with Gasteiger partial charge in [0.25, 0.3) is 0 Å². The van der Waals surface area contributed by atoms with Crippen LogP contribution in [0.25, 0.3) is 0 Å². The largest absolute Gasteiger partial charge is 0.480 e. The Hall–Kier alpha value is -0.590. The Bertz CT molecular complexity index is 277. The molecule has 1 rings (SSSR count). The molecule has 1 heterocycles. The van der Waals surface area contributed by atoms with Crippen LogP contribution < -0.4 is 5.73 Å². The van der Waals surface area contributed by atoms with Crippen LogP contribution in [0, 0.1) is 0 Å². The van der Waals surface area contributed by atoms with Crippen molar-refractivity contribution in [2.24, 2.45) is 5.73 Å². The second kappa shape index (κ2) is 6.00. The number of nitrogens with zero attached hydrogens (tertiary/aromatic N) is 1. The SMILES string of the molecule is NC(CCSCc1cscn1)C(=O)O. The van der Waals surface area contributed by atoms with Gasteiger partial charge in [0.15, 0.2) is 0 Å². The van der Waals surface area contributed by atoms with Crippen molar-refractivity contribution in [3.05, 3.63) is 16.6 Å². The number of carboxylic acids is 1. The molecule has 6 heteroatoms. The standard InChI is InChI=1S/C8H12N2O2S2/c9-7(8(11)12)1-2-13-3-6-4-14-5-10-6/h4-5,7H,1-3,9H2,(H,11,12). The van der Waals surface area contributed by atoms with Gasteiger partial charge in [-0.1, -0.05) is 0 Å². The van der Waals surface area contributed by atoms with Crippen molar-refractivity contribution < 1.29 is 9.90 Å². The molecule has 78 valence electrons. The van der Waals surface area contributed by atoms with Gasteiger partial charge in [-0.2, -0.15) is 11.8 Å². The molecule has 0 radical (unpaired) electrons. The van der Waals surface area contributed by atoms with E-state index in [4.69, 9.17) is 10.8 Å².